The number of aliphatic hydroxyl groups is 1. The van der Waals surface area contributed by atoms with E-state index in [4.69, 9.17) is 0 Å². The maximum atomic E-state index is 9.29. The number of aliphatic hydroxyl groups excluding tert-OH is 1. The highest BCUT2D eigenvalue weighted by Gasteiger charge is 2.23. The van der Waals surface area contributed by atoms with Gasteiger partial charge >= 0.3 is 0 Å². The summed E-state index contributed by atoms with van der Waals surface area (Å²) < 4.78 is 0. The minimum absolute atomic E-state index is 0.425. The summed E-state index contributed by atoms with van der Waals surface area (Å²) in [5.74, 6) is 1.47. The molecule has 0 aromatic rings. The molecule has 1 N–H and O–H groups in total. The minimum atomic E-state index is 0.425. The molecule has 0 aromatic heterocycles. The van der Waals surface area contributed by atoms with Gasteiger partial charge in [-0.25, -0.2) is 0 Å². The molecular formula is C12H24O. The van der Waals surface area contributed by atoms with Crippen LogP contribution in [-0.2, 0) is 0 Å². The lowest BCUT2D eigenvalue weighted by atomic mass is 9.87. The van der Waals surface area contributed by atoms with E-state index in [-0.39, 0.29) is 0 Å². The van der Waals surface area contributed by atoms with E-state index in [0.29, 0.717) is 12.5 Å². The predicted molar refractivity (Wildman–Crippen MR) is 56.7 cm³/mol. The van der Waals surface area contributed by atoms with E-state index in [9.17, 15) is 5.11 Å². The molecule has 1 rings (SSSR count). The maximum Gasteiger partial charge on any atom is 0.0461 e. The summed E-state index contributed by atoms with van der Waals surface area (Å²) in [6.45, 7) is 2.66. The molecular weight excluding hydrogens is 160 g/mol. The Bertz CT molecular complexity index is 116. The van der Waals surface area contributed by atoms with E-state index in [1.54, 1.807) is 0 Å². The Hall–Kier alpha value is -0.0400. The Morgan fingerprint density at radius 3 is 2.46 bits per heavy atom. The Kier molecular flexibility index (Phi) is 5.45. The molecule has 0 bridgehead atoms. The molecule has 1 nitrogen and oxygen atoms in total. The van der Waals surface area contributed by atoms with Gasteiger partial charge in [-0.2, -0.15) is 0 Å². The van der Waals surface area contributed by atoms with Crippen molar-refractivity contribution in [1.29, 1.82) is 0 Å². The van der Waals surface area contributed by atoms with Gasteiger partial charge < -0.3 is 5.11 Å². The number of hydrogen-bond donors (Lipinski definition) is 1. The molecule has 0 saturated heterocycles. The van der Waals surface area contributed by atoms with Crippen LogP contribution >= 0.6 is 0 Å². The van der Waals surface area contributed by atoms with Gasteiger partial charge in [-0.05, 0) is 18.3 Å². The lowest BCUT2D eigenvalue weighted by Crippen LogP contribution is -2.15. The van der Waals surface area contributed by atoms with Crippen molar-refractivity contribution in [3.8, 4) is 0 Å². The SMILES string of the molecule is CCCCCC(CO)C1CCCC1. The lowest BCUT2D eigenvalue weighted by molar-refractivity contribution is 0.165. The third kappa shape index (κ3) is 3.68. The van der Waals surface area contributed by atoms with Gasteiger partial charge in [0, 0.05) is 6.61 Å². The zero-order chi connectivity index (χ0) is 9.52. The molecule has 1 aliphatic carbocycles. The molecule has 13 heavy (non-hydrogen) atoms. The van der Waals surface area contributed by atoms with Crippen LogP contribution < -0.4 is 0 Å². The summed E-state index contributed by atoms with van der Waals surface area (Å²) in [7, 11) is 0. The number of hydrogen-bond acceptors (Lipinski definition) is 1. The second-order valence-corrected chi connectivity index (χ2v) is 4.48. The first kappa shape index (κ1) is 11.0. The van der Waals surface area contributed by atoms with Crippen LogP contribution in [-0.4, -0.2) is 11.7 Å². The fraction of sp³-hybridized carbons (Fsp3) is 1.00. The van der Waals surface area contributed by atoms with Crippen LogP contribution in [0.5, 0.6) is 0 Å². The van der Waals surface area contributed by atoms with Crippen molar-refractivity contribution < 1.29 is 5.11 Å². The van der Waals surface area contributed by atoms with Crippen molar-refractivity contribution in [2.24, 2.45) is 11.8 Å². The van der Waals surface area contributed by atoms with Crippen LogP contribution in [0.15, 0.2) is 0 Å². The van der Waals surface area contributed by atoms with E-state index >= 15 is 0 Å². The molecule has 1 unspecified atom stereocenters. The monoisotopic (exact) mass is 184 g/mol. The molecule has 1 aliphatic rings. The van der Waals surface area contributed by atoms with Gasteiger partial charge in [0.05, 0.1) is 0 Å². The van der Waals surface area contributed by atoms with Gasteiger partial charge in [0.25, 0.3) is 0 Å². The lowest BCUT2D eigenvalue weighted by Gasteiger charge is -2.20. The first-order valence-corrected chi connectivity index (χ1v) is 5.99. The average Bonchev–Trinajstić information content (AvgIpc) is 2.65. The second-order valence-electron chi connectivity index (χ2n) is 4.48. The van der Waals surface area contributed by atoms with Crippen molar-refractivity contribution >= 4 is 0 Å². The Morgan fingerprint density at radius 2 is 1.92 bits per heavy atom. The summed E-state index contributed by atoms with van der Waals surface area (Å²) in [5, 5.41) is 9.29. The van der Waals surface area contributed by atoms with E-state index in [1.165, 1.54) is 51.4 Å². The number of unbranched alkanes of at least 4 members (excludes halogenated alkanes) is 2. The van der Waals surface area contributed by atoms with Crippen LogP contribution in [0.3, 0.4) is 0 Å². The Morgan fingerprint density at radius 1 is 1.23 bits per heavy atom. The summed E-state index contributed by atoms with van der Waals surface area (Å²) in [6, 6.07) is 0. The zero-order valence-electron chi connectivity index (χ0n) is 8.97. The molecule has 1 heteroatoms. The summed E-state index contributed by atoms with van der Waals surface area (Å²) in [6.07, 6.45) is 10.7. The van der Waals surface area contributed by atoms with Crippen molar-refractivity contribution in [3.05, 3.63) is 0 Å². The second kappa shape index (κ2) is 6.42. The van der Waals surface area contributed by atoms with E-state index < -0.39 is 0 Å². The summed E-state index contributed by atoms with van der Waals surface area (Å²) in [5.41, 5.74) is 0. The van der Waals surface area contributed by atoms with Crippen LogP contribution in [0.1, 0.15) is 58.3 Å². The fourth-order valence-corrected chi connectivity index (χ4v) is 2.56. The maximum absolute atomic E-state index is 9.29. The first-order chi connectivity index (χ1) is 6.38. The minimum Gasteiger partial charge on any atom is -0.396 e. The van der Waals surface area contributed by atoms with E-state index in [1.807, 2.05) is 0 Å². The molecule has 0 aliphatic heterocycles. The summed E-state index contributed by atoms with van der Waals surface area (Å²) >= 11 is 0. The molecule has 0 aromatic carbocycles. The molecule has 0 radical (unpaired) electrons. The van der Waals surface area contributed by atoms with Crippen LogP contribution in [0.25, 0.3) is 0 Å². The highest BCUT2D eigenvalue weighted by atomic mass is 16.3. The van der Waals surface area contributed by atoms with Gasteiger partial charge in [0.1, 0.15) is 0 Å². The quantitative estimate of drug-likeness (QED) is 0.627. The van der Waals surface area contributed by atoms with Crippen LogP contribution in [0, 0.1) is 11.8 Å². The third-order valence-corrected chi connectivity index (χ3v) is 3.48. The molecule has 1 atom stereocenters. The predicted octanol–water partition coefficient (Wildman–Crippen LogP) is 3.37. The van der Waals surface area contributed by atoms with Crippen LogP contribution in [0.4, 0.5) is 0 Å². The zero-order valence-corrected chi connectivity index (χ0v) is 8.97. The van der Waals surface area contributed by atoms with Gasteiger partial charge in [0.2, 0.25) is 0 Å². The normalized spacial score (nSPS) is 20.8. The smallest absolute Gasteiger partial charge is 0.0461 e. The van der Waals surface area contributed by atoms with Crippen molar-refractivity contribution in [2.45, 2.75) is 58.3 Å². The van der Waals surface area contributed by atoms with Crippen molar-refractivity contribution in [3.63, 3.8) is 0 Å². The van der Waals surface area contributed by atoms with Crippen molar-refractivity contribution in [1.82, 2.24) is 0 Å². The van der Waals surface area contributed by atoms with Gasteiger partial charge in [-0.15, -0.1) is 0 Å². The number of rotatable bonds is 6. The molecule has 0 amide bonds. The Balaban J connectivity index is 2.16. The molecule has 1 fully saturated rings. The van der Waals surface area contributed by atoms with Gasteiger partial charge in [-0.3, -0.25) is 0 Å². The first-order valence-electron chi connectivity index (χ1n) is 5.99. The molecule has 78 valence electrons. The largest absolute Gasteiger partial charge is 0.396 e. The molecule has 1 saturated carbocycles. The standard InChI is InChI=1S/C12H24O/c1-2-3-4-9-12(10-13)11-7-5-6-8-11/h11-13H,2-10H2,1H3. The highest BCUT2D eigenvalue weighted by molar-refractivity contribution is 4.74. The third-order valence-electron chi connectivity index (χ3n) is 3.48. The van der Waals surface area contributed by atoms with Gasteiger partial charge in [-0.1, -0.05) is 51.9 Å². The highest BCUT2D eigenvalue weighted by Crippen LogP contribution is 2.33. The molecule has 0 spiro atoms. The topological polar surface area (TPSA) is 20.2 Å². The van der Waals surface area contributed by atoms with Crippen molar-refractivity contribution in [2.75, 3.05) is 6.61 Å². The fourth-order valence-electron chi connectivity index (χ4n) is 2.56. The average molecular weight is 184 g/mol. The molecule has 0 heterocycles. The van der Waals surface area contributed by atoms with Gasteiger partial charge in [0.15, 0.2) is 0 Å². The Labute approximate surface area is 82.5 Å². The van der Waals surface area contributed by atoms with E-state index in [0.717, 1.165) is 5.92 Å². The summed E-state index contributed by atoms with van der Waals surface area (Å²) in [4.78, 5) is 0. The van der Waals surface area contributed by atoms with E-state index in [2.05, 4.69) is 6.92 Å². The van der Waals surface area contributed by atoms with Crippen LogP contribution in [0.2, 0.25) is 0 Å².